The SMILES string of the molecule is COCC(=O)N=C1S[C@@H]2CS(=O)(=O)C[C@@H]2N1Cc1ccccc1Cl. The summed E-state index contributed by atoms with van der Waals surface area (Å²) in [4.78, 5) is 17.8. The highest BCUT2D eigenvalue weighted by Crippen LogP contribution is 2.39. The molecule has 2 aliphatic rings. The number of thioether (sulfide) groups is 1. The smallest absolute Gasteiger partial charge is 0.274 e. The van der Waals surface area contributed by atoms with E-state index in [4.69, 9.17) is 16.3 Å². The maximum atomic E-state index is 11.9. The van der Waals surface area contributed by atoms with E-state index in [1.165, 1.54) is 18.9 Å². The van der Waals surface area contributed by atoms with Crippen LogP contribution in [-0.2, 0) is 25.9 Å². The van der Waals surface area contributed by atoms with Gasteiger partial charge in [0, 0.05) is 23.9 Å². The lowest BCUT2D eigenvalue weighted by atomic mass is 10.1. The Morgan fingerprint density at radius 1 is 1.42 bits per heavy atom. The monoisotopic (exact) mass is 388 g/mol. The molecule has 2 fully saturated rings. The molecule has 0 radical (unpaired) electrons. The zero-order valence-electron chi connectivity index (χ0n) is 13.0. The van der Waals surface area contributed by atoms with Gasteiger partial charge in [-0.2, -0.15) is 4.99 Å². The molecule has 24 heavy (non-hydrogen) atoms. The third-order valence-corrected chi connectivity index (χ3v) is 7.58. The van der Waals surface area contributed by atoms with Gasteiger partial charge in [-0.25, -0.2) is 8.42 Å². The average Bonchev–Trinajstić information content (AvgIpc) is 2.94. The fraction of sp³-hybridized carbons (Fsp3) is 0.467. The molecule has 6 nitrogen and oxygen atoms in total. The molecule has 1 amide bonds. The number of hydrogen-bond donors (Lipinski definition) is 0. The lowest BCUT2D eigenvalue weighted by Crippen LogP contribution is -2.37. The summed E-state index contributed by atoms with van der Waals surface area (Å²) in [7, 11) is -1.63. The summed E-state index contributed by atoms with van der Waals surface area (Å²) < 4.78 is 28.7. The number of amidine groups is 1. The van der Waals surface area contributed by atoms with E-state index in [0.717, 1.165) is 5.56 Å². The molecule has 1 aromatic carbocycles. The number of nitrogens with zero attached hydrogens (tertiary/aromatic N) is 2. The van der Waals surface area contributed by atoms with Crippen LogP contribution in [0.3, 0.4) is 0 Å². The molecule has 0 bridgehead atoms. The molecule has 0 saturated carbocycles. The van der Waals surface area contributed by atoms with Crippen LogP contribution in [0.5, 0.6) is 0 Å². The van der Waals surface area contributed by atoms with Gasteiger partial charge in [-0.15, -0.1) is 0 Å². The van der Waals surface area contributed by atoms with E-state index in [1.807, 2.05) is 23.1 Å². The van der Waals surface area contributed by atoms with Gasteiger partial charge in [0.2, 0.25) is 0 Å². The highest BCUT2D eigenvalue weighted by atomic mass is 35.5. The molecule has 2 atom stereocenters. The van der Waals surface area contributed by atoms with Crippen LogP contribution in [0.25, 0.3) is 0 Å². The summed E-state index contributed by atoms with van der Waals surface area (Å²) in [6.07, 6.45) is 0. The molecule has 2 heterocycles. The van der Waals surface area contributed by atoms with Crippen molar-refractivity contribution in [3.05, 3.63) is 34.9 Å². The topological polar surface area (TPSA) is 76.0 Å². The Balaban J connectivity index is 1.90. The number of aliphatic imine (C=N–C) groups is 1. The third kappa shape index (κ3) is 3.77. The summed E-state index contributed by atoms with van der Waals surface area (Å²) >= 11 is 7.57. The Kier molecular flexibility index (Phi) is 5.19. The van der Waals surface area contributed by atoms with E-state index in [2.05, 4.69) is 4.99 Å². The van der Waals surface area contributed by atoms with Gasteiger partial charge in [-0.3, -0.25) is 4.79 Å². The fourth-order valence-corrected chi connectivity index (χ4v) is 7.06. The van der Waals surface area contributed by atoms with Gasteiger partial charge >= 0.3 is 0 Å². The van der Waals surface area contributed by atoms with Crippen LogP contribution in [0.1, 0.15) is 5.56 Å². The zero-order chi connectivity index (χ0) is 17.3. The lowest BCUT2D eigenvalue weighted by molar-refractivity contribution is -0.121. The molecule has 0 unspecified atom stereocenters. The first kappa shape index (κ1) is 17.7. The normalized spacial score (nSPS) is 26.8. The minimum Gasteiger partial charge on any atom is -0.375 e. The summed E-state index contributed by atoms with van der Waals surface area (Å²) in [5, 5.41) is 1.04. The average molecular weight is 389 g/mol. The van der Waals surface area contributed by atoms with Crippen LogP contribution in [0.4, 0.5) is 0 Å². The highest BCUT2D eigenvalue weighted by Gasteiger charge is 2.48. The van der Waals surface area contributed by atoms with E-state index in [1.54, 1.807) is 6.07 Å². The molecular formula is C15H17ClN2O4S2. The van der Waals surface area contributed by atoms with Crippen LogP contribution in [0.2, 0.25) is 5.02 Å². The van der Waals surface area contributed by atoms with Crippen molar-refractivity contribution in [3.8, 4) is 0 Å². The Morgan fingerprint density at radius 2 is 2.17 bits per heavy atom. The van der Waals surface area contributed by atoms with Crippen LogP contribution in [0.15, 0.2) is 29.3 Å². The number of rotatable bonds is 4. The summed E-state index contributed by atoms with van der Waals surface area (Å²) in [6.45, 7) is 0.320. The summed E-state index contributed by atoms with van der Waals surface area (Å²) in [5.74, 6) is -0.196. The number of carbonyl (C=O) groups excluding carboxylic acids is 1. The third-order valence-electron chi connectivity index (χ3n) is 3.96. The first-order chi connectivity index (χ1) is 11.4. The van der Waals surface area contributed by atoms with E-state index < -0.39 is 9.84 Å². The van der Waals surface area contributed by atoms with Gasteiger partial charge in [-0.1, -0.05) is 41.6 Å². The summed E-state index contributed by atoms with van der Waals surface area (Å²) in [5.41, 5.74) is 0.872. The Morgan fingerprint density at radius 3 is 2.88 bits per heavy atom. The Hall–Kier alpha value is -1.09. The van der Waals surface area contributed by atoms with Crippen molar-refractivity contribution in [2.75, 3.05) is 25.2 Å². The maximum absolute atomic E-state index is 11.9. The van der Waals surface area contributed by atoms with Crippen molar-refractivity contribution in [1.29, 1.82) is 0 Å². The van der Waals surface area contributed by atoms with Crippen LogP contribution in [0, 0.1) is 0 Å². The zero-order valence-corrected chi connectivity index (χ0v) is 15.4. The van der Waals surface area contributed by atoms with Gasteiger partial charge in [-0.05, 0) is 11.6 Å². The molecule has 130 valence electrons. The van der Waals surface area contributed by atoms with Gasteiger partial charge in [0.05, 0.1) is 17.5 Å². The van der Waals surface area contributed by atoms with Gasteiger partial charge in [0.25, 0.3) is 5.91 Å². The standard InChI is InChI=1S/C15H17ClN2O4S2/c1-22-7-14(19)17-15-18(6-10-4-2-3-5-11(10)16)12-8-24(20,21)9-13(12)23-15/h2-5,12-13H,6-9H2,1H3/t12-,13+/m0/s1. The maximum Gasteiger partial charge on any atom is 0.274 e. The molecule has 2 aliphatic heterocycles. The molecule has 2 saturated heterocycles. The molecule has 0 aromatic heterocycles. The Bertz CT molecular complexity index is 781. The van der Waals surface area contributed by atoms with Crippen molar-refractivity contribution in [2.24, 2.45) is 4.99 Å². The number of amides is 1. The van der Waals surface area contributed by atoms with E-state index in [-0.39, 0.29) is 35.3 Å². The number of carbonyl (C=O) groups is 1. The number of methoxy groups -OCH3 is 1. The van der Waals surface area contributed by atoms with Crippen molar-refractivity contribution in [3.63, 3.8) is 0 Å². The van der Waals surface area contributed by atoms with Crippen molar-refractivity contribution in [2.45, 2.75) is 17.8 Å². The molecular weight excluding hydrogens is 372 g/mol. The summed E-state index contributed by atoms with van der Waals surface area (Å²) in [6, 6.07) is 7.20. The fourth-order valence-electron chi connectivity index (χ4n) is 2.89. The minimum atomic E-state index is -3.06. The molecule has 9 heteroatoms. The van der Waals surface area contributed by atoms with Gasteiger partial charge in [0.15, 0.2) is 15.0 Å². The second-order valence-corrected chi connectivity index (χ2v) is 9.51. The first-order valence-corrected chi connectivity index (χ1v) is 10.4. The van der Waals surface area contributed by atoms with Crippen LogP contribution < -0.4 is 0 Å². The number of ether oxygens (including phenoxy) is 1. The second-order valence-electron chi connectivity index (χ2n) is 5.74. The lowest BCUT2D eigenvalue weighted by Gasteiger charge is -2.24. The van der Waals surface area contributed by atoms with Gasteiger partial charge in [0.1, 0.15) is 6.61 Å². The second kappa shape index (κ2) is 7.03. The number of sulfone groups is 1. The quantitative estimate of drug-likeness (QED) is 0.779. The molecule has 0 aliphatic carbocycles. The predicted octanol–water partition coefficient (Wildman–Crippen LogP) is 1.58. The van der Waals surface area contributed by atoms with Crippen molar-refractivity contribution >= 4 is 44.3 Å². The number of benzene rings is 1. The molecule has 0 spiro atoms. The number of hydrogen-bond acceptors (Lipinski definition) is 5. The number of halogens is 1. The van der Waals surface area contributed by atoms with Gasteiger partial charge < -0.3 is 9.64 Å². The molecule has 1 aromatic rings. The van der Waals surface area contributed by atoms with Crippen LogP contribution >= 0.6 is 23.4 Å². The largest absolute Gasteiger partial charge is 0.375 e. The Labute approximate surface area is 150 Å². The van der Waals surface area contributed by atoms with Crippen molar-refractivity contribution in [1.82, 2.24) is 4.90 Å². The van der Waals surface area contributed by atoms with Crippen LogP contribution in [-0.4, -0.2) is 60.9 Å². The predicted molar refractivity (Wildman–Crippen MR) is 95.1 cm³/mol. The minimum absolute atomic E-state index is 0.0760. The van der Waals surface area contributed by atoms with E-state index in [0.29, 0.717) is 16.7 Å². The van der Waals surface area contributed by atoms with Crippen molar-refractivity contribution < 1.29 is 17.9 Å². The first-order valence-electron chi connectivity index (χ1n) is 7.37. The van der Waals surface area contributed by atoms with E-state index in [9.17, 15) is 13.2 Å². The number of fused-ring (bicyclic) bond motifs is 1. The van der Waals surface area contributed by atoms with E-state index >= 15 is 0 Å². The molecule has 0 N–H and O–H groups in total. The molecule has 3 rings (SSSR count). The highest BCUT2D eigenvalue weighted by molar-refractivity contribution is 8.15.